The van der Waals surface area contributed by atoms with Gasteiger partial charge < -0.3 is 15.4 Å². The van der Waals surface area contributed by atoms with Gasteiger partial charge in [-0.3, -0.25) is 4.79 Å². The average molecular weight is 401 g/mol. The minimum atomic E-state index is -0.703. The van der Waals surface area contributed by atoms with E-state index >= 15 is 0 Å². The van der Waals surface area contributed by atoms with Gasteiger partial charge in [-0.25, -0.2) is 0 Å². The predicted octanol–water partition coefficient (Wildman–Crippen LogP) is 4.61. The van der Waals surface area contributed by atoms with E-state index in [4.69, 9.17) is 10.5 Å². The molecular formula is C26H28N2O2. The monoisotopic (exact) mass is 400 g/mol. The van der Waals surface area contributed by atoms with Crippen molar-refractivity contribution in [1.29, 1.82) is 0 Å². The SMILES string of the molecule is CC(C(N)=O)C1CCN(c2ccccc2)CC1(Oc1ccccc1)c1ccccc1. The Morgan fingerprint density at radius 1 is 0.967 bits per heavy atom. The molecule has 1 amide bonds. The summed E-state index contributed by atoms with van der Waals surface area (Å²) in [5.41, 5.74) is 7.31. The highest BCUT2D eigenvalue weighted by Gasteiger charge is 2.50. The first-order valence-corrected chi connectivity index (χ1v) is 10.5. The zero-order chi connectivity index (χ0) is 21.0. The van der Waals surface area contributed by atoms with Gasteiger partial charge in [-0.15, -0.1) is 0 Å². The maximum Gasteiger partial charge on any atom is 0.220 e. The minimum absolute atomic E-state index is 0.0439. The van der Waals surface area contributed by atoms with Crippen molar-refractivity contribution in [2.75, 3.05) is 18.0 Å². The molecule has 0 bridgehead atoms. The van der Waals surface area contributed by atoms with Crippen LogP contribution in [0.1, 0.15) is 18.9 Å². The Morgan fingerprint density at radius 3 is 2.13 bits per heavy atom. The predicted molar refractivity (Wildman–Crippen MR) is 120 cm³/mol. The summed E-state index contributed by atoms with van der Waals surface area (Å²) >= 11 is 0. The molecule has 3 aromatic carbocycles. The Morgan fingerprint density at radius 2 is 1.53 bits per heavy atom. The topological polar surface area (TPSA) is 55.6 Å². The highest BCUT2D eigenvalue weighted by atomic mass is 16.5. The van der Waals surface area contributed by atoms with E-state index < -0.39 is 5.60 Å². The first-order chi connectivity index (χ1) is 14.6. The van der Waals surface area contributed by atoms with Crippen LogP contribution in [0, 0.1) is 11.8 Å². The van der Waals surface area contributed by atoms with E-state index in [1.165, 1.54) is 0 Å². The molecule has 2 N–H and O–H groups in total. The number of anilines is 1. The van der Waals surface area contributed by atoms with Gasteiger partial charge in [-0.2, -0.15) is 0 Å². The van der Waals surface area contributed by atoms with E-state index in [0.29, 0.717) is 6.54 Å². The highest BCUT2D eigenvalue weighted by molar-refractivity contribution is 5.77. The van der Waals surface area contributed by atoms with Crippen molar-refractivity contribution >= 4 is 11.6 Å². The third-order valence-electron chi connectivity index (χ3n) is 6.21. The molecule has 4 nitrogen and oxygen atoms in total. The third kappa shape index (κ3) is 3.90. The van der Waals surface area contributed by atoms with Crippen molar-refractivity contribution < 1.29 is 9.53 Å². The summed E-state index contributed by atoms with van der Waals surface area (Å²) in [6.07, 6.45) is 0.806. The molecule has 0 radical (unpaired) electrons. The van der Waals surface area contributed by atoms with Gasteiger partial charge in [0.2, 0.25) is 5.91 Å². The molecule has 30 heavy (non-hydrogen) atoms. The number of carbonyl (C=O) groups excluding carboxylic acids is 1. The quantitative estimate of drug-likeness (QED) is 0.657. The molecule has 1 aliphatic rings. The van der Waals surface area contributed by atoms with Crippen LogP contribution in [-0.2, 0) is 10.4 Å². The van der Waals surface area contributed by atoms with Gasteiger partial charge in [0.1, 0.15) is 5.75 Å². The summed E-state index contributed by atoms with van der Waals surface area (Å²) in [6.45, 7) is 3.41. The van der Waals surface area contributed by atoms with Gasteiger partial charge in [0, 0.05) is 24.1 Å². The zero-order valence-electron chi connectivity index (χ0n) is 17.3. The fourth-order valence-electron chi connectivity index (χ4n) is 4.61. The van der Waals surface area contributed by atoms with Gasteiger partial charge in [0.15, 0.2) is 5.60 Å². The van der Waals surface area contributed by atoms with Crippen molar-refractivity contribution in [3.8, 4) is 5.75 Å². The molecule has 0 saturated carbocycles. The number of nitrogens with zero attached hydrogens (tertiary/aromatic N) is 1. The van der Waals surface area contributed by atoms with Crippen LogP contribution in [0.15, 0.2) is 91.0 Å². The van der Waals surface area contributed by atoms with Gasteiger partial charge >= 0.3 is 0 Å². The van der Waals surface area contributed by atoms with Crippen LogP contribution >= 0.6 is 0 Å². The molecule has 0 aliphatic carbocycles. The Bertz CT molecular complexity index is 962. The maximum atomic E-state index is 12.3. The van der Waals surface area contributed by atoms with Crippen LogP contribution in [0.2, 0.25) is 0 Å². The van der Waals surface area contributed by atoms with Crippen LogP contribution in [0.4, 0.5) is 5.69 Å². The van der Waals surface area contributed by atoms with E-state index in [1.807, 2.05) is 61.5 Å². The number of ether oxygens (including phenoxy) is 1. The lowest BCUT2D eigenvalue weighted by atomic mass is 9.70. The van der Waals surface area contributed by atoms with Crippen molar-refractivity contribution in [3.63, 3.8) is 0 Å². The Balaban J connectivity index is 1.84. The summed E-state index contributed by atoms with van der Waals surface area (Å²) < 4.78 is 6.82. The molecule has 1 fully saturated rings. The summed E-state index contributed by atoms with van der Waals surface area (Å²) in [5, 5.41) is 0. The zero-order valence-corrected chi connectivity index (χ0v) is 17.3. The number of carbonyl (C=O) groups is 1. The number of primary amides is 1. The van der Waals surface area contributed by atoms with Gasteiger partial charge in [-0.05, 0) is 36.2 Å². The second kappa shape index (κ2) is 8.62. The Kier molecular flexibility index (Phi) is 5.75. The highest BCUT2D eigenvalue weighted by Crippen LogP contribution is 2.45. The fraction of sp³-hybridized carbons (Fsp3) is 0.269. The lowest BCUT2D eigenvalue weighted by Gasteiger charge is -2.50. The van der Waals surface area contributed by atoms with Gasteiger partial charge in [0.05, 0.1) is 6.54 Å². The molecule has 154 valence electrons. The largest absolute Gasteiger partial charge is 0.480 e. The molecule has 3 aromatic rings. The second-order valence-electron chi connectivity index (χ2n) is 8.01. The van der Waals surface area contributed by atoms with Crippen LogP contribution < -0.4 is 15.4 Å². The first kappa shape index (κ1) is 20.0. The smallest absolute Gasteiger partial charge is 0.220 e. The summed E-state index contributed by atoms with van der Waals surface area (Å²) in [7, 11) is 0. The van der Waals surface area contributed by atoms with Crippen LogP contribution in [-0.4, -0.2) is 19.0 Å². The van der Waals surface area contributed by atoms with E-state index in [9.17, 15) is 4.79 Å². The number of para-hydroxylation sites is 2. The Labute approximate surface area is 178 Å². The molecule has 1 aliphatic heterocycles. The molecule has 3 atom stereocenters. The molecule has 4 heteroatoms. The first-order valence-electron chi connectivity index (χ1n) is 10.5. The van der Waals surface area contributed by atoms with Crippen molar-refractivity contribution in [2.24, 2.45) is 17.6 Å². The molecule has 0 aromatic heterocycles. The number of rotatable bonds is 6. The normalized spacial score (nSPS) is 22.3. The lowest BCUT2D eigenvalue weighted by Crippen LogP contribution is -2.58. The van der Waals surface area contributed by atoms with Gasteiger partial charge in [0.25, 0.3) is 0 Å². The molecule has 0 spiro atoms. The number of amides is 1. The molecule has 1 heterocycles. The minimum Gasteiger partial charge on any atom is -0.480 e. The van der Waals surface area contributed by atoms with Gasteiger partial charge in [-0.1, -0.05) is 73.7 Å². The van der Waals surface area contributed by atoms with E-state index in [-0.39, 0.29) is 17.7 Å². The van der Waals surface area contributed by atoms with Crippen LogP contribution in [0.25, 0.3) is 0 Å². The standard InChI is InChI=1S/C26H28N2O2/c1-20(25(27)29)24-17-18-28(22-13-7-3-8-14-22)19-26(24,21-11-5-2-6-12-21)30-23-15-9-4-10-16-23/h2-16,20,24H,17-19H2,1H3,(H2,27,29). The number of nitrogens with two attached hydrogens (primary N) is 1. The average Bonchev–Trinajstić information content (AvgIpc) is 2.80. The van der Waals surface area contributed by atoms with Crippen molar-refractivity contribution in [1.82, 2.24) is 0 Å². The van der Waals surface area contributed by atoms with Crippen molar-refractivity contribution in [2.45, 2.75) is 18.9 Å². The van der Waals surface area contributed by atoms with E-state index in [2.05, 4.69) is 41.3 Å². The summed E-state index contributed by atoms with van der Waals surface area (Å²) in [6, 6.07) is 30.5. The summed E-state index contributed by atoms with van der Waals surface area (Å²) in [4.78, 5) is 14.6. The maximum absolute atomic E-state index is 12.3. The molecule has 4 rings (SSSR count). The number of hydrogen-bond donors (Lipinski definition) is 1. The van der Waals surface area contributed by atoms with Crippen molar-refractivity contribution in [3.05, 3.63) is 96.6 Å². The van der Waals surface area contributed by atoms with E-state index in [0.717, 1.165) is 30.0 Å². The second-order valence-corrected chi connectivity index (χ2v) is 8.01. The summed E-state index contributed by atoms with van der Waals surface area (Å²) in [5.74, 6) is 0.146. The number of benzene rings is 3. The molecular weight excluding hydrogens is 372 g/mol. The lowest BCUT2D eigenvalue weighted by molar-refractivity contribution is -0.128. The number of hydrogen-bond acceptors (Lipinski definition) is 3. The van der Waals surface area contributed by atoms with Crippen LogP contribution in [0.5, 0.6) is 5.75 Å². The Hall–Kier alpha value is -3.27. The number of piperidine rings is 1. The fourth-order valence-corrected chi connectivity index (χ4v) is 4.61. The van der Waals surface area contributed by atoms with E-state index in [1.54, 1.807) is 0 Å². The molecule has 1 saturated heterocycles. The third-order valence-corrected chi connectivity index (χ3v) is 6.21. The van der Waals surface area contributed by atoms with Crippen LogP contribution in [0.3, 0.4) is 0 Å². The molecule has 3 unspecified atom stereocenters.